The second-order valence-corrected chi connectivity index (χ2v) is 7.83. The number of H-pyrrole nitrogens is 1. The number of aromatic amines is 1. The maximum Gasteiger partial charge on any atom is 0.227 e. The Morgan fingerprint density at radius 2 is 1.96 bits per heavy atom. The Morgan fingerprint density at radius 1 is 1.33 bits per heavy atom. The Kier molecular flexibility index (Phi) is 4.24. The van der Waals surface area contributed by atoms with Crippen molar-refractivity contribution in [3.8, 4) is 0 Å². The molecule has 0 radical (unpaired) electrons. The van der Waals surface area contributed by atoms with Crippen LogP contribution in [0.2, 0.25) is 0 Å². The molecule has 134 valence electrons. The molecule has 1 atom stereocenters. The molecule has 1 saturated heterocycles. The van der Waals surface area contributed by atoms with Crippen molar-refractivity contribution in [3.05, 3.63) is 17.0 Å². The average molecular weight is 335 g/mol. The summed E-state index contributed by atoms with van der Waals surface area (Å²) in [6, 6.07) is 0.260. The van der Waals surface area contributed by atoms with E-state index in [2.05, 4.69) is 24.0 Å². The van der Waals surface area contributed by atoms with Gasteiger partial charge in [0.05, 0.1) is 12.1 Å². The quantitative estimate of drug-likeness (QED) is 0.838. The number of hydrogen-bond acceptors (Lipinski definition) is 4. The van der Waals surface area contributed by atoms with E-state index in [0.717, 1.165) is 36.3 Å². The predicted octanol–water partition coefficient (Wildman–Crippen LogP) is 2.21. The van der Waals surface area contributed by atoms with Gasteiger partial charge in [0.2, 0.25) is 5.91 Å². The molecule has 1 aliphatic heterocycles. The lowest BCUT2D eigenvalue weighted by molar-refractivity contribution is -0.334. The zero-order valence-corrected chi connectivity index (χ0v) is 15.6. The first-order valence-electron chi connectivity index (χ1n) is 8.68. The Morgan fingerprint density at radius 3 is 2.42 bits per heavy atom. The third-order valence-electron chi connectivity index (χ3n) is 6.00. The molecule has 1 amide bonds. The number of rotatable bonds is 5. The summed E-state index contributed by atoms with van der Waals surface area (Å²) >= 11 is 0. The molecular weight excluding hydrogens is 306 g/mol. The van der Waals surface area contributed by atoms with Crippen LogP contribution < -0.4 is 0 Å². The molecule has 2 fully saturated rings. The standard InChI is InChI=1S/C18H29N3O3/c1-11(2)16-17(8-18(9-17,23-5)24-6)10-21(16)15(22)7-14-12(3)19-20-13(14)4/h11,16H,7-10H2,1-6H3,(H,19,20). The molecule has 2 aliphatic rings. The Hall–Kier alpha value is -1.40. The molecule has 1 spiro atoms. The van der Waals surface area contributed by atoms with Gasteiger partial charge in [0.25, 0.3) is 0 Å². The van der Waals surface area contributed by atoms with E-state index in [4.69, 9.17) is 9.47 Å². The molecule has 0 bridgehead atoms. The van der Waals surface area contributed by atoms with Crippen molar-refractivity contribution >= 4 is 5.91 Å². The lowest BCUT2D eigenvalue weighted by Gasteiger charge is -2.68. The van der Waals surface area contributed by atoms with Crippen molar-refractivity contribution < 1.29 is 14.3 Å². The molecule has 1 aliphatic carbocycles. The number of ether oxygens (including phenoxy) is 2. The largest absolute Gasteiger partial charge is 0.353 e. The van der Waals surface area contributed by atoms with E-state index < -0.39 is 5.79 Å². The summed E-state index contributed by atoms with van der Waals surface area (Å²) in [4.78, 5) is 14.9. The molecule has 2 heterocycles. The van der Waals surface area contributed by atoms with Gasteiger partial charge in [0, 0.05) is 56.3 Å². The van der Waals surface area contributed by atoms with Gasteiger partial charge >= 0.3 is 0 Å². The minimum absolute atomic E-state index is 0.149. The highest BCUT2D eigenvalue weighted by atomic mass is 16.7. The maximum atomic E-state index is 12.9. The van der Waals surface area contributed by atoms with Crippen LogP contribution in [0.1, 0.15) is 43.6 Å². The normalized spacial score (nSPS) is 24.1. The first kappa shape index (κ1) is 17.4. The van der Waals surface area contributed by atoms with E-state index >= 15 is 0 Å². The van der Waals surface area contributed by atoms with Crippen molar-refractivity contribution in [2.75, 3.05) is 20.8 Å². The van der Waals surface area contributed by atoms with Gasteiger partial charge in [-0.3, -0.25) is 9.89 Å². The van der Waals surface area contributed by atoms with Crippen LogP contribution in [0.25, 0.3) is 0 Å². The minimum Gasteiger partial charge on any atom is -0.353 e. The summed E-state index contributed by atoms with van der Waals surface area (Å²) in [5.74, 6) is 0.153. The van der Waals surface area contributed by atoms with E-state index in [1.54, 1.807) is 14.2 Å². The topological polar surface area (TPSA) is 67.5 Å². The van der Waals surface area contributed by atoms with E-state index in [1.807, 2.05) is 18.7 Å². The van der Waals surface area contributed by atoms with Crippen molar-refractivity contribution in [3.63, 3.8) is 0 Å². The number of nitrogens with zero attached hydrogens (tertiary/aromatic N) is 2. The molecule has 1 N–H and O–H groups in total. The van der Waals surface area contributed by atoms with E-state index in [1.165, 1.54) is 0 Å². The highest BCUT2D eigenvalue weighted by Gasteiger charge is 2.67. The minimum atomic E-state index is -0.458. The molecule has 1 saturated carbocycles. The van der Waals surface area contributed by atoms with Crippen LogP contribution in [0.4, 0.5) is 0 Å². The summed E-state index contributed by atoms with van der Waals surface area (Å²) in [6.45, 7) is 9.11. The number of carbonyl (C=O) groups excluding carboxylic acids is 1. The number of methoxy groups -OCH3 is 2. The zero-order valence-electron chi connectivity index (χ0n) is 15.6. The number of nitrogens with one attached hydrogen (secondary N) is 1. The molecule has 3 rings (SSSR count). The van der Waals surface area contributed by atoms with Crippen LogP contribution in [-0.4, -0.2) is 53.6 Å². The van der Waals surface area contributed by atoms with Crippen LogP contribution in [0.15, 0.2) is 0 Å². The number of aromatic nitrogens is 2. The molecule has 1 aromatic rings. The second kappa shape index (κ2) is 5.85. The highest BCUT2D eigenvalue weighted by molar-refractivity contribution is 5.81. The van der Waals surface area contributed by atoms with Crippen molar-refractivity contribution in [1.29, 1.82) is 0 Å². The fourth-order valence-electron chi connectivity index (χ4n) is 4.86. The van der Waals surface area contributed by atoms with Crippen LogP contribution in [0.3, 0.4) is 0 Å². The molecule has 6 nitrogen and oxygen atoms in total. The average Bonchev–Trinajstić information content (AvgIpc) is 2.77. The van der Waals surface area contributed by atoms with Gasteiger partial charge in [0.1, 0.15) is 0 Å². The lowest BCUT2D eigenvalue weighted by Crippen LogP contribution is -2.76. The van der Waals surface area contributed by atoms with Crippen molar-refractivity contribution in [2.45, 2.75) is 58.8 Å². The van der Waals surface area contributed by atoms with Gasteiger partial charge in [-0.1, -0.05) is 13.8 Å². The molecule has 1 aromatic heterocycles. The van der Waals surface area contributed by atoms with Gasteiger partial charge in [0.15, 0.2) is 5.79 Å². The van der Waals surface area contributed by atoms with Crippen molar-refractivity contribution in [1.82, 2.24) is 15.1 Å². The number of carbonyl (C=O) groups is 1. The highest BCUT2D eigenvalue weighted by Crippen LogP contribution is 2.61. The summed E-state index contributed by atoms with van der Waals surface area (Å²) in [6.07, 6.45) is 2.15. The fourth-order valence-corrected chi connectivity index (χ4v) is 4.86. The van der Waals surface area contributed by atoms with Crippen LogP contribution in [-0.2, 0) is 20.7 Å². The number of amides is 1. The third kappa shape index (κ3) is 2.47. The van der Waals surface area contributed by atoms with Crippen LogP contribution in [0, 0.1) is 25.2 Å². The molecule has 24 heavy (non-hydrogen) atoms. The Balaban J connectivity index is 1.71. The number of hydrogen-bond donors (Lipinski definition) is 1. The molecular formula is C18H29N3O3. The van der Waals surface area contributed by atoms with Gasteiger partial charge in [-0.25, -0.2) is 0 Å². The fraction of sp³-hybridized carbons (Fsp3) is 0.778. The monoisotopic (exact) mass is 335 g/mol. The second-order valence-electron chi connectivity index (χ2n) is 7.83. The summed E-state index contributed by atoms with van der Waals surface area (Å²) in [5, 5.41) is 7.16. The Bertz CT molecular complexity index is 606. The van der Waals surface area contributed by atoms with Crippen molar-refractivity contribution in [2.24, 2.45) is 11.3 Å². The van der Waals surface area contributed by atoms with E-state index in [9.17, 15) is 4.79 Å². The molecule has 0 aromatic carbocycles. The Labute approximate surface area is 143 Å². The van der Waals surface area contributed by atoms with Gasteiger partial charge in [-0.2, -0.15) is 5.10 Å². The third-order valence-corrected chi connectivity index (χ3v) is 6.00. The molecule has 1 unspecified atom stereocenters. The first-order valence-corrected chi connectivity index (χ1v) is 8.68. The van der Waals surface area contributed by atoms with Gasteiger partial charge < -0.3 is 14.4 Å². The number of aryl methyl sites for hydroxylation is 2. The summed E-state index contributed by atoms with van der Waals surface area (Å²) in [7, 11) is 3.40. The summed E-state index contributed by atoms with van der Waals surface area (Å²) in [5.41, 5.74) is 3.08. The zero-order chi connectivity index (χ0) is 17.7. The maximum absolute atomic E-state index is 12.9. The number of likely N-dealkylation sites (tertiary alicyclic amines) is 1. The summed E-state index contributed by atoms with van der Waals surface area (Å²) < 4.78 is 11.1. The first-order chi connectivity index (χ1) is 11.3. The van der Waals surface area contributed by atoms with E-state index in [0.29, 0.717) is 12.3 Å². The predicted molar refractivity (Wildman–Crippen MR) is 90.5 cm³/mol. The van der Waals surface area contributed by atoms with Crippen LogP contribution >= 0.6 is 0 Å². The van der Waals surface area contributed by atoms with Gasteiger partial charge in [-0.05, 0) is 19.8 Å². The lowest BCUT2D eigenvalue weighted by atomic mass is 9.52. The van der Waals surface area contributed by atoms with E-state index in [-0.39, 0.29) is 17.4 Å². The van der Waals surface area contributed by atoms with Gasteiger partial charge in [-0.15, -0.1) is 0 Å². The van der Waals surface area contributed by atoms with Crippen LogP contribution in [0.5, 0.6) is 0 Å². The smallest absolute Gasteiger partial charge is 0.227 e. The molecule has 6 heteroatoms. The SMILES string of the molecule is COC1(OC)CC2(CN(C(=O)Cc3c(C)n[nH]c3C)C2C(C)C)C1.